The third kappa shape index (κ3) is 2.92. The van der Waals surface area contributed by atoms with Crippen molar-refractivity contribution in [2.45, 2.75) is 6.92 Å². The van der Waals surface area contributed by atoms with Crippen molar-refractivity contribution in [2.24, 2.45) is 0 Å². The highest BCUT2D eigenvalue weighted by Crippen LogP contribution is 2.18. The van der Waals surface area contributed by atoms with E-state index in [2.05, 4.69) is 31.2 Å². The molecule has 1 N–H and O–H groups in total. The van der Waals surface area contributed by atoms with E-state index in [-0.39, 0.29) is 5.91 Å². The Labute approximate surface area is 130 Å². The highest BCUT2D eigenvalue weighted by molar-refractivity contribution is 9.10. The number of fused-ring (bicyclic) bond motifs is 1. The van der Waals surface area contributed by atoms with Crippen LogP contribution in [0.5, 0.6) is 0 Å². The van der Waals surface area contributed by atoms with Crippen molar-refractivity contribution in [3.05, 3.63) is 64.5 Å². The lowest BCUT2D eigenvalue weighted by Crippen LogP contribution is -2.12. The maximum absolute atomic E-state index is 12.3. The number of aromatic nitrogens is 2. The van der Waals surface area contributed by atoms with Gasteiger partial charge in [0.15, 0.2) is 0 Å². The molecule has 0 spiro atoms. The van der Waals surface area contributed by atoms with Gasteiger partial charge in [0.1, 0.15) is 4.60 Å². The van der Waals surface area contributed by atoms with Gasteiger partial charge >= 0.3 is 0 Å². The Bertz CT molecular complexity index is 833. The minimum absolute atomic E-state index is 0.163. The fraction of sp³-hybridized carbons (Fsp3) is 0.0625. The monoisotopic (exact) mass is 341 g/mol. The Hall–Kier alpha value is -2.27. The van der Waals surface area contributed by atoms with E-state index in [4.69, 9.17) is 0 Å². The van der Waals surface area contributed by atoms with Crippen molar-refractivity contribution in [3.8, 4) is 0 Å². The molecule has 2 aromatic heterocycles. The number of anilines is 1. The van der Waals surface area contributed by atoms with Crippen LogP contribution in [-0.4, -0.2) is 15.9 Å². The summed E-state index contributed by atoms with van der Waals surface area (Å²) in [5.41, 5.74) is 3.11. The molecule has 21 heavy (non-hydrogen) atoms. The number of amides is 1. The van der Waals surface area contributed by atoms with Crippen LogP contribution in [0, 0.1) is 6.92 Å². The van der Waals surface area contributed by atoms with Crippen LogP contribution in [0.25, 0.3) is 10.9 Å². The molecule has 0 aliphatic rings. The average Bonchev–Trinajstić information content (AvgIpc) is 2.50. The summed E-state index contributed by atoms with van der Waals surface area (Å²) in [6.45, 7) is 1.93. The Morgan fingerprint density at radius 3 is 2.86 bits per heavy atom. The van der Waals surface area contributed by atoms with Crippen molar-refractivity contribution in [3.63, 3.8) is 0 Å². The largest absolute Gasteiger partial charge is 0.321 e. The Balaban J connectivity index is 1.87. The van der Waals surface area contributed by atoms with Gasteiger partial charge in [0.2, 0.25) is 0 Å². The molecule has 3 rings (SSSR count). The van der Waals surface area contributed by atoms with Crippen molar-refractivity contribution in [1.29, 1.82) is 0 Å². The van der Waals surface area contributed by atoms with Crippen molar-refractivity contribution >= 4 is 38.4 Å². The first kappa shape index (κ1) is 13.7. The number of nitrogens with zero attached hydrogens (tertiary/aromatic N) is 2. The standard InChI is InChI=1S/C16H12BrN3O/c1-10-7-13(9-19-15(10)17)20-16(21)12-4-5-14-11(8-12)3-2-6-18-14/h2-9H,1H3,(H,20,21). The highest BCUT2D eigenvalue weighted by atomic mass is 79.9. The fourth-order valence-electron chi connectivity index (χ4n) is 2.05. The molecule has 0 atom stereocenters. The molecule has 4 nitrogen and oxygen atoms in total. The third-order valence-electron chi connectivity index (χ3n) is 3.14. The molecule has 0 unspecified atom stereocenters. The van der Waals surface area contributed by atoms with Crippen LogP contribution < -0.4 is 5.32 Å². The molecule has 0 aliphatic heterocycles. The number of carbonyl (C=O) groups is 1. The van der Waals surface area contributed by atoms with E-state index in [9.17, 15) is 4.79 Å². The van der Waals surface area contributed by atoms with E-state index in [0.29, 0.717) is 11.3 Å². The number of rotatable bonds is 2. The van der Waals surface area contributed by atoms with Crippen LogP contribution in [0.2, 0.25) is 0 Å². The van der Waals surface area contributed by atoms with Gasteiger partial charge in [0, 0.05) is 17.1 Å². The first-order chi connectivity index (χ1) is 10.1. The molecule has 1 amide bonds. The lowest BCUT2D eigenvalue weighted by molar-refractivity contribution is 0.102. The topological polar surface area (TPSA) is 54.9 Å². The number of halogens is 1. The molecule has 104 valence electrons. The molecule has 0 saturated heterocycles. The van der Waals surface area contributed by atoms with Crippen LogP contribution >= 0.6 is 15.9 Å². The zero-order valence-corrected chi connectivity index (χ0v) is 12.9. The number of carbonyl (C=O) groups excluding carboxylic acids is 1. The van der Waals surface area contributed by atoms with Crippen molar-refractivity contribution in [1.82, 2.24) is 9.97 Å². The van der Waals surface area contributed by atoms with Crippen molar-refractivity contribution < 1.29 is 4.79 Å². The maximum atomic E-state index is 12.3. The van der Waals surface area contributed by atoms with Crippen LogP contribution in [0.4, 0.5) is 5.69 Å². The zero-order valence-electron chi connectivity index (χ0n) is 11.3. The zero-order chi connectivity index (χ0) is 14.8. The van der Waals surface area contributed by atoms with Gasteiger partial charge in [-0.25, -0.2) is 4.98 Å². The smallest absolute Gasteiger partial charge is 0.255 e. The summed E-state index contributed by atoms with van der Waals surface area (Å²) in [5, 5.41) is 3.79. The maximum Gasteiger partial charge on any atom is 0.255 e. The van der Waals surface area contributed by atoms with E-state index >= 15 is 0 Å². The van der Waals surface area contributed by atoms with Crippen LogP contribution in [0.3, 0.4) is 0 Å². The number of benzene rings is 1. The van der Waals surface area contributed by atoms with E-state index in [1.807, 2.05) is 37.3 Å². The fourth-order valence-corrected chi connectivity index (χ4v) is 2.26. The average molecular weight is 342 g/mol. The van der Waals surface area contributed by atoms with E-state index in [1.165, 1.54) is 0 Å². The van der Waals surface area contributed by atoms with E-state index in [0.717, 1.165) is 21.1 Å². The molecule has 0 aliphatic carbocycles. The highest BCUT2D eigenvalue weighted by Gasteiger charge is 2.08. The van der Waals surface area contributed by atoms with Gasteiger partial charge in [0.25, 0.3) is 5.91 Å². The summed E-state index contributed by atoms with van der Waals surface area (Å²) in [6.07, 6.45) is 3.36. The second-order valence-electron chi connectivity index (χ2n) is 4.70. The molecule has 0 fully saturated rings. The van der Waals surface area contributed by atoms with Gasteiger partial charge in [-0.15, -0.1) is 0 Å². The summed E-state index contributed by atoms with van der Waals surface area (Å²) in [5.74, 6) is -0.163. The van der Waals surface area contributed by atoms with Gasteiger partial charge in [0.05, 0.1) is 17.4 Å². The lowest BCUT2D eigenvalue weighted by atomic mass is 10.1. The van der Waals surface area contributed by atoms with Gasteiger partial charge in [-0.3, -0.25) is 9.78 Å². The molecule has 1 aromatic carbocycles. The quantitative estimate of drug-likeness (QED) is 0.718. The SMILES string of the molecule is Cc1cc(NC(=O)c2ccc3ncccc3c2)cnc1Br. The molecular formula is C16H12BrN3O. The first-order valence-electron chi connectivity index (χ1n) is 6.42. The molecule has 3 aromatic rings. The molecular weight excluding hydrogens is 330 g/mol. The van der Waals surface area contributed by atoms with Gasteiger partial charge < -0.3 is 5.32 Å². The normalized spacial score (nSPS) is 10.6. The second-order valence-corrected chi connectivity index (χ2v) is 5.45. The molecule has 5 heteroatoms. The van der Waals surface area contributed by atoms with E-state index < -0.39 is 0 Å². The van der Waals surface area contributed by atoms with Crippen LogP contribution in [0.1, 0.15) is 15.9 Å². The van der Waals surface area contributed by atoms with E-state index in [1.54, 1.807) is 18.5 Å². The van der Waals surface area contributed by atoms with Crippen molar-refractivity contribution in [2.75, 3.05) is 5.32 Å². The first-order valence-corrected chi connectivity index (χ1v) is 7.21. The van der Waals surface area contributed by atoms with Gasteiger partial charge in [-0.1, -0.05) is 6.07 Å². The number of pyridine rings is 2. The second kappa shape index (κ2) is 5.61. The molecule has 0 bridgehead atoms. The summed E-state index contributed by atoms with van der Waals surface area (Å²) >= 11 is 3.34. The summed E-state index contributed by atoms with van der Waals surface area (Å²) < 4.78 is 0.775. The van der Waals surface area contributed by atoms with Gasteiger partial charge in [-0.2, -0.15) is 0 Å². The molecule has 2 heterocycles. The predicted octanol–water partition coefficient (Wildman–Crippen LogP) is 3.95. The predicted molar refractivity (Wildman–Crippen MR) is 86.4 cm³/mol. The molecule has 0 saturated carbocycles. The molecule has 0 radical (unpaired) electrons. The number of hydrogen-bond donors (Lipinski definition) is 1. The number of nitrogens with one attached hydrogen (secondary N) is 1. The summed E-state index contributed by atoms with van der Waals surface area (Å²) in [7, 11) is 0. The third-order valence-corrected chi connectivity index (χ3v) is 3.97. The Morgan fingerprint density at radius 2 is 2.05 bits per heavy atom. The Morgan fingerprint density at radius 1 is 1.19 bits per heavy atom. The summed E-state index contributed by atoms with van der Waals surface area (Å²) in [4.78, 5) is 20.7. The lowest BCUT2D eigenvalue weighted by Gasteiger charge is -2.07. The minimum Gasteiger partial charge on any atom is -0.321 e. The van der Waals surface area contributed by atoms with Crippen LogP contribution in [0.15, 0.2) is 53.4 Å². The van der Waals surface area contributed by atoms with Gasteiger partial charge in [-0.05, 0) is 58.7 Å². The number of hydrogen-bond acceptors (Lipinski definition) is 3. The number of aryl methyl sites for hydroxylation is 1. The Kier molecular flexibility index (Phi) is 3.66. The summed E-state index contributed by atoms with van der Waals surface area (Å²) in [6, 6.07) is 11.1. The van der Waals surface area contributed by atoms with Crippen LogP contribution in [-0.2, 0) is 0 Å². The minimum atomic E-state index is -0.163.